The van der Waals surface area contributed by atoms with Gasteiger partial charge in [-0.1, -0.05) is 0 Å². The first-order chi connectivity index (χ1) is 9.81. The van der Waals surface area contributed by atoms with Crippen LogP contribution in [0, 0.1) is 11.8 Å². The molecule has 0 amide bonds. The Bertz CT molecular complexity index is 582. The van der Waals surface area contributed by atoms with Crippen molar-refractivity contribution < 1.29 is 0 Å². The number of aromatic nitrogens is 2. The van der Waals surface area contributed by atoms with Gasteiger partial charge in [0.15, 0.2) is 0 Å². The second-order valence-electron chi connectivity index (χ2n) is 6.14. The lowest BCUT2D eigenvalue weighted by atomic mass is 9.98. The summed E-state index contributed by atoms with van der Waals surface area (Å²) < 4.78 is 0. The molecule has 3 unspecified atom stereocenters. The molecule has 2 aromatic rings. The number of nitrogens with zero attached hydrogens (tertiary/aromatic N) is 2. The summed E-state index contributed by atoms with van der Waals surface area (Å²) in [6.45, 7) is 3.34. The Hall–Kier alpha value is -0.880. The first-order valence-corrected chi connectivity index (χ1v) is 8.28. The van der Waals surface area contributed by atoms with Crippen molar-refractivity contribution >= 4 is 23.7 Å². The van der Waals surface area contributed by atoms with Crippen molar-refractivity contribution in [2.24, 2.45) is 17.6 Å². The molecule has 4 nitrogen and oxygen atoms in total. The zero-order valence-electron chi connectivity index (χ0n) is 11.9. The van der Waals surface area contributed by atoms with Crippen LogP contribution in [0.3, 0.4) is 0 Å². The number of thiophene rings is 1. The van der Waals surface area contributed by atoms with Crippen LogP contribution in [-0.4, -0.2) is 34.2 Å². The molecule has 114 valence electrons. The molecule has 1 aliphatic heterocycles. The lowest BCUT2D eigenvalue weighted by Crippen LogP contribution is -2.30. The predicted molar refractivity (Wildman–Crippen MR) is 88.6 cm³/mol. The molecule has 21 heavy (non-hydrogen) atoms. The molecular formula is C15H21ClN4S. The van der Waals surface area contributed by atoms with E-state index in [1.54, 1.807) is 11.3 Å². The molecule has 1 saturated carbocycles. The normalized spacial score (nSPS) is 28.5. The first kappa shape index (κ1) is 15.0. The van der Waals surface area contributed by atoms with Crippen LogP contribution in [0.15, 0.2) is 23.0 Å². The maximum Gasteiger partial charge on any atom is 0.0703 e. The highest BCUT2D eigenvalue weighted by molar-refractivity contribution is 7.08. The van der Waals surface area contributed by atoms with E-state index in [0.29, 0.717) is 12.0 Å². The lowest BCUT2D eigenvalue weighted by molar-refractivity contribution is 0.298. The molecule has 3 N–H and O–H groups in total. The van der Waals surface area contributed by atoms with Crippen molar-refractivity contribution in [1.29, 1.82) is 0 Å². The zero-order valence-corrected chi connectivity index (χ0v) is 13.5. The monoisotopic (exact) mass is 324 g/mol. The smallest absolute Gasteiger partial charge is 0.0703 e. The average Bonchev–Trinajstić information content (AvgIpc) is 3.17. The summed E-state index contributed by atoms with van der Waals surface area (Å²) in [5.74, 6) is 1.54. The van der Waals surface area contributed by atoms with Crippen molar-refractivity contribution in [1.82, 2.24) is 15.1 Å². The van der Waals surface area contributed by atoms with E-state index in [4.69, 9.17) is 5.73 Å². The Morgan fingerprint density at radius 2 is 2.29 bits per heavy atom. The highest BCUT2D eigenvalue weighted by Gasteiger charge is 2.40. The number of fused-ring (bicyclic) bond motifs is 1. The highest BCUT2D eigenvalue weighted by Crippen LogP contribution is 2.38. The minimum Gasteiger partial charge on any atom is -0.327 e. The minimum absolute atomic E-state index is 0. The summed E-state index contributed by atoms with van der Waals surface area (Å²) in [5.41, 5.74) is 9.94. The highest BCUT2D eigenvalue weighted by atomic mass is 35.5. The number of rotatable bonds is 3. The van der Waals surface area contributed by atoms with Crippen LogP contribution in [-0.2, 0) is 6.54 Å². The minimum atomic E-state index is 0. The summed E-state index contributed by atoms with van der Waals surface area (Å²) in [4.78, 5) is 2.55. The topological polar surface area (TPSA) is 57.9 Å². The Morgan fingerprint density at radius 3 is 3.05 bits per heavy atom. The third-order valence-electron chi connectivity index (χ3n) is 4.91. The number of halogens is 1. The van der Waals surface area contributed by atoms with Gasteiger partial charge in [-0.2, -0.15) is 16.4 Å². The van der Waals surface area contributed by atoms with Gasteiger partial charge in [-0.25, -0.2) is 0 Å². The fourth-order valence-corrected chi connectivity index (χ4v) is 4.50. The van der Waals surface area contributed by atoms with Crippen LogP contribution in [0.2, 0.25) is 0 Å². The van der Waals surface area contributed by atoms with E-state index >= 15 is 0 Å². The van der Waals surface area contributed by atoms with Crippen molar-refractivity contribution in [3.63, 3.8) is 0 Å². The second kappa shape index (κ2) is 6.08. The standard InChI is InChI=1S/C15H20N4S.ClH/c16-14-2-1-10-6-19(8-13(10)14)7-12-5-17-18-15(12)11-3-4-20-9-11;/h3-5,9-10,13-14H,1-2,6-8,16H2,(H,17,18);1H. The molecule has 0 spiro atoms. The van der Waals surface area contributed by atoms with Gasteiger partial charge >= 0.3 is 0 Å². The Labute approximate surface area is 135 Å². The number of hydrogen-bond donors (Lipinski definition) is 2. The molecule has 6 heteroatoms. The van der Waals surface area contributed by atoms with Gasteiger partial charge in [-0.05, 0) is 36.1 Å². The number of hydrogen-bond acceptors (Lipinski definition) is 4. The second-order valence-corrected chi connectivity index (χ2v) is 6.92. The van der Waals surface area contributed by atoms with Crippen LogP contribution in [0.5, 0.6) is 0 Å². The molecule has 4 rings (SSSR count). The predicted octanol–water partition coefficient (Wildman–Crippen LogP) is 2.73. The van der Waals surface area contributed by atoms with E-state index in [0.717, 1.165) is 19.0 Å². The Morgan fingerprint density at radius 1 is 1.38 bits per heavy atom. The number of nitrogens with two attached hydrogens (primary N) is 1. The quantitative estimate of drug-likeness (QED) is 0.912. The SMILES string of the molecule is Cl.NC1CCC2CN(Cc3cn[nH]c3-c3ccsc3)CC12. The van der Waals surface area contributed by atoms with Gasteiger partial charge in [0.2, 0.25) is 0 Å². The lowest BCUT2D eigenvalue weighted by Gasteiger charge is -2.18. The summed E-state index contributed by atoms with van der Waals surface area (Å²) in [7, 11) is 0. The summed E-state index contributed by atoms with van der Waals surface area (Å²) in [6, 6.07) is 2.57. The van der Waals surface area contributed by atoms with Gasteiger partial charge in [0.1, 0.15) is 0 Å². The van der Waals surface area contributed by atoms with Crippen LogP contribution in [0.4, 0.5) is 0 Å². The van der Waals surface area contributed by atoms with E-state index in [1.807, 2.05) is 6.20 Å². The first-order valence-electron chi connectivity index (χ1n) is 7.34. The van der Waals surface area contributed by atoms with Crippen LogP contribution >= 0.6 is 23.7 Å². The molecule has 2 aliphatic rings. The van der Waals surface area contributed by atoms with Crippen molar-refractivity contribution in [3.8, 4) is 11.3 Å². The maximum absolute atomic E-state index is 6.22. The molecule has 3 atom stereocenters. The van der Waals surface area contributed by atoms with Gasteiger partial charge in [0.05, 0.1) is 11.9 Å². The van der Waals surface area contributed by atoms with Crippen molar-refractivity contribution in [2.45, 2.75) is 25.4 Å². The number of nitrogens with one attached hydrogen (secondary N) is 1. The molecule has 0 aromatic carbocycles. The van der Waals surface area contributed by atoms with E-state index in [1.165, 1.54) is 36.2 Å². The summed E-state index contributed by atoms with van der Waals surface area (Å²) in [5, 5.41) is 11.7. The molecule has 3 heterocycles. The van der Waals surface area contributed by atoms with Gasteiger partial charge in [0, 0.05) is 42.2 Å². The molecule has 1 aliphatic carbocycles. The van der Waals surface area contributed by atoms with Crippen LogP contribution in [0.1, 0.15) is 18.4 Å². The fourth-order valence-electron chi connectivity index (χ4n) is 3.86. The van der Waals surface area contributed by atoms with Crippen molar-refractivity contribution in [2.75, 3.05) is 13.1 Å². The van der Waals surface area contributed by atoms with E-state index in [9.17, 15) is 0 Å². The number of aromatic amines is 1. The van der Waals surface area contributed by atoms with E-state index in [2.05, 4.69) is 31.9 Å². The Kier molecular flexibility index (Phi) is 4.36. The molecule has 2 fully saturated rings. The largest absolute Gasteiger partial charge is 0.327 e. The maximum atomic E-state index is 6.22. The molecule has 0 radical (unpaired) electrons. The third-order valence-corrected chi connectivity index (χ3v) is 5.59. The average molecular weight is 325 g/mol. The molecule has 1 saturated heterocycles. The van der Waals surface area contributed by atoms with Crippen molar-refractivity contribution in [3.05, 3.63) is 28.6 Å². The van der Waals surface area contributed by atoms with E-state index < -0.39 is 0 Å². The van der Waals surface area contributed by atoms with Crippen LogP contribution in [0.25, 0.3) is 11.3 Å². The van der Waals surface area contributed by atoms with Gasteiger partial charge < -0.3 is 5.73 Å². The summed E-state index contributed by atoms with van der Waals surface area (Å²) >= 11 is 1.73. The van der Waals surface area contributed by atoms with Gasteiger partial charge in [-0.15, -0.1) is 12.4 Å². The molecule has 0 bridgehead atoms. The van der Waals surface area contributed by atoms with Gasteiger partial charge in [-0.3, -0.25) is 10.00 Å². The Balaban J connectivity index is 0.00000132. The molecular weight excluding hydrogens is 304 g/mol. The van der Waals surface area contributed by atoms with Crippen LogP contribution < -0.4 is 5.73 Å². The summed E-state index contributed by atoms with van der Waals surface area (Å²) in [6.07, 6.45) is 4.50. The zero-order chi connectivity index (χ0) is 13.5. The van der Waals surface area contributed by atoms with E-state index in [-0.39, 0.29) is 12.4 Å². The fraction of sp³-hybridized carbons (Fsp3) is 0.533. The number of H-pyrrole nitrogens is 1. The van der Waals surface area contributed by atoms with Gasteiger partial charge in [0.25, 0.3) is 0 Å². The molecule has 2 aromatic heterocycles. The number of likely N-dealkylation sites (tertiary alicyclic amines) is 1. The third kappa shape index (κ3) is 2.75.